The van der Waals surface area contributed by atoms with Gasteiger partial charge in [0, 0.05) is 15.3 Å². The number of hydrogen-bond acceptors (Lipinski definition) is 5. The second kappa shape index (κ2) is 7.01. The number of carbonyl (C=O) groups is 1. The Morgan fingerprint density at radius 1 is 1.41 bits per heavy atom. The van der Waals surface area contributed by atoms with Crippen LogP contribution in [0.5, 0.6) is 0 Å². The van der Waals surface area contributed by atoms with E-state index in [0.717, 1.165) is 22.0 Å². The summed E-state index contributed by atoms with van der Waals surface area (Å²) in [7, 11) is -3.80. The van der Waals surface area contributed by atoms with Crippen LogP contribution in [0.15, 0.2) is 38.8 Å². The summed E-state index contributed by atoms with van der Waals surface area (Å²) in [4.78, 5) is 13.1. The van der Waals surface area contributed by atoms with Crippen molar-refractivity contribution in [2.45, 2.75) is 16.0 Å². The molecule has 1 aromatic heterocycles. The summed E-state index contributed by atoms with van der Waals surface area (Å²) in [6.45, 7) is 2.00. The molecule has 0 saturated heterocycles. The van der Waals surface area contributed by atoms with Gasteiger partial charge in [-0.05, 0) is 30.0 Å². The van der Waals surface area contributed by atoms with Gasteiger partial charge in [0.25, 0.3) is 5.91 Å². The van der Waals surface area contributed by atoms with Gasteiger partial charge in [-0.1, -0.05) is 18.5 Å². The molecular weight excluding hydrogens is 364 g/mol. The minimum atomic E-state index is -3.80. The Bertz CT molecular complexity index is 803. The third-order valence-electron chi connectivity index (χ3n) is 2.61. The van der Waals surface area contributed by atoms with Gasteiger partial charge >= 0.3 is 0 Å². The molecule has 1 aromatic carbocycles. The van der Waals surface area contributed by atoms with Crippen LogP contribution in [0.2, 0.25) is 5.02 Å². The fourth-order valence-electron chi connectivity index (χ4n) is 1.66. The smallest absolute Gasteiger partial charge is 0.256 e. The van der Waals surface area contributed by atoms with Crippen molar-refractivity contribution >= 4 is 56.3 Å². The molecule has 0 aliphatic carbocycles. The first-order valence-corrected chi connectivity index (χ1v) is 9.95. The molecule has 2 aromatic rings. The Balaban J connectivity index is 2.25. The molecule has 0 spiro atoms. The molecule has 0 aliphatic heterocycles. The van der Waals surface area contributed by atoms with Crippen LogP contribution in [-0.2, 0) is 10.0 Å². The second-order valence-corrected chi connectivity index (χ2v) is 8.67. The minimum Gasteiger partial charge on any atom is -0.321 e. The minimum absolute atomic E-state index is 0.0492. The zero-order valence-electron chi connectivity index (χ0n) is 11.5. The molecule has 22 heavy (non-hydrogen) atoms. The molecule has 0 aliphatic rings. The standard InChI is InChI=1S/C13H13ClN2O3S3/c1-2-20-11-4-3-9(14)6-10(11)16-13(17)8-5-12(21-7-8)22(15,18)19/h3-7H,2H2,1H3,(H,16,17)(H2,15,18,19). The zero-order chi connectivity index (χ0) is 16.3. The van der Waals surface area contributed by atoms with Crippen molar-refractivity contribution in [2.75, 3.05) is 11.1 Å². The first-order valence-electron chi connectivity index (χ1n) is 6.16. The van der Waals surface area contributed by atoms with Crippen LogP contribution in [0.25, 0.3) is 0 Å². The van der Waals surface area contributed by atoms with Gasteiger partial charge in [-0.3, -0.25) is 4.79 Å². The fraction of sp³-hybridized carbons (Fsp3) is 0.154. The van der Waals surface area contributed by atoms with E-state index < -0.39 is 15.9 Å². The van der Waals surface area contributed by atoms with Gasteiger partial charge in [-0.15, -0.1) is 23.1 Å². The Hall–Kier alpha value is -1.06. The number of thiophene rings is 1. The van der Waals surface area contributed by atoms with E-state index in [1.165, 1.54) is 11.4 Å². The summed E-state index contributed by atoms with van der Waals surface area (Å²) in [5.74, 6) is 0.435. The van der Waals surface area contributed by atoms with Crippen LogP contribution in [0.3, 0.4) is 0 Å². The summed E-state index contributed by atoms with van der Waals surface area (Å²) in [6.07, 6.45) is 0. The van der Waals surface area contributed by atoms with E-state index in [-0.39, 0.29) is 9.77 Å². The number of rotatable bonds is 5. The largest absolute Gasteiger partial charge is 0.321 e. The molecule has 0 unspecified atom stereocenters. The molecule has 2 rings (SSSR count). The summed E-state index contributed by atoms with van der Waals surface area (Å²) in [6, 6.07) is 6.49. The molecule has 5 nitrogen and oxygen atoms in total. The van der Waals surface area contributed by atoms with E-state index >= 15 is 0 Å². The van der Waals surface area contributed by atoms with Crippen molar-refractivity contribution in [2.24, 2.45) is 5.14 Å². The highest BCUT2D eigenvalue weighted by molar-refractivity contribution is 7.99. The topological polar surface area (TPSA) is 89.3 Å². The van der Waals surface area contributed by atoms with E-state index in [2.05, 4.69) is 5.32 Å². The third kappa shape index (κ3) is 4.23. The third-order valence-corrected chi connectivity index (χ3v) is 6.18. The number of halogens is 1. The molecule has 118 valence electrons. The number of sulfonamides is 1. The molecule has 0 saturated carbocycles. The number of nitrogens with two attached hydrogens (primary N) is 1. The van der Waals surface area contributed by atoms with Crippen LogP contribution < -0.4 is 10.5 Å². The number of hydrogen-bond donors (Lipinski definition) is 2. The van der Waals surface area contributed by atoms with Crippen molar-refractivity contribution in [1.82, 2.24) is 0 Å². The van der Waals surface area contributed by atoms with E-state index in [1.54, 1.807) is 23.9 Å². The van der Waals surface area contributed by atoms with E-state index in [0.29, 0.717) is 10.7 Å². The quantitative estimate of drug-likeness (QED) is 0.782. The molecule has 0 atom stereocenters. The van der Waals surface area contributed by atoms with Gasteiger partial charge in [-0.25, -0.2) is 13.6 Å². The Labute approximate surface area is 141 Å². The van der Waals surface area contributed by atoms with Gasteiger partial charge < -0.3 is 5.32 Å². The number of carbonyl (C=O) groups excluding carboxylic acids is 1. The number of thioether (sulfide) groups is 1. The number of primary sulfonamides is 1. The normalized spacial score (nSPS) is 11.4. The highest BCUT2D eigenvalue weighted by Crippen LogP contribution is 2.30. The molecular formula is C13H13ClN2O3S3. The predicted molar refractivity (Wildman–Crippen MR) is 91.5 cm³/mol. The Morgan fingerprint density at radius 2 is 2.14 bits per heavy atom. The molecule has 3 N–H and O–H groups in total. The van der Waals surface area contributed by atoms with Crippen molar-refractivity contribution in [3.05, 3.63) is 40.2 Å². The monoisotopic (exact) mass is 376 g/mol. The van der Waals surface area contributed by atoms with E-state index in [1.807, 2.05) is 13.0 Å². The van der Waals surface area contributed by atoms with Crippen molar-refractivity contribution in [3.63, 3.8) is 0 Å². The first-order chi connectivity index (χ1) is 10.3. The van der Waals surface area contributed by atoms with E-state index in [9.17, 15) is 13.2 Å². The summed E-state index contributed by atoms with van der Waals surface area (Å²) in [5.41, 5.74) is 0.828. The highest BCUT2D eigenvalue weighted by Gasteiger charge is 2.16. The van der Waals surface area contributed by atoms with Gasteiger partial charge in [0.05, 0.1) is 11.3 Å². The molecule has 0 radical (unpaired) electrons. The van der Waals surface area contributed by atoms with Crippen LogP contribution in [-0.4, -0.2) is 20.1 Å². The highest BCUT2D eigenvalue weighted by atomic mass is 35.5. The average Bonchev–Trinajstić information content (AvgIpc) is 2.91. The summed E-state index contributed by atoms with van der Waals surface area (Å²) >= 11 is 8.43. The van der Waals surface area contributed by atoms with Gasteiger partial charge in [0.2, 0.25) is 10.0 Å². The zero-order valence-corrected chi connectivity index (χ0v) is 14.7. The van der Waals surface area contributed by atoms with Gasteiger partial charge in [-0.2, -0.15) is 0 Å². The molecule has 1 heterocycles. The molecule has 1 amide bonds. The van der Waals surface area contributed by atoms with Crippen molar-refractivity contribution in [3.8, 4) is 0 Å². The fourth-order valence-corrected chi connectivity index (χ4v) is 4.16. The van der Waals surface area contributed by atoms with Gasteiger partial charge in [0.15, 0.2) is 0 Å². The van der Waals surface area contributed by atoms with Crippen molar-refractivity contribution in [1.29, 1.82) is 0 Å². The van der Waals surface area contributed by atoms with Crippen LogP contribution in [0, 0.1) is 0 Å². The maximum Gasteiger partial charge on any atom is 0.256 e. The number of benzene rings is 1. The van der Waals surface area contributed by atoms with E-state index in [4.69, 9.17) is 16.7 Å². The number of amides is 1. The Kier molecular flexibility index (Phi) is 5.51. The maximum absolute atomic E-state index is 12.2. The lowest BCUT2D eigenvalue weighted by atomic mass is 10.2. The molecule has 0 fully saturated rings. The number of nitrogens with one attached hydrogen (secondary N) is 1. The maximum atomic E-state index is 12.2. The lowest BCUT2D eigenvalue weighted by molar-refractivity contribution is 0.102. The molecule has 0 bridgehead atoms. The predicted octanol–water partition coefficient (Wildman–Crippen LogP) is 3.41. The van der Waals surface area contributed by atoms with Crippen molar-refractivity contribution < 1.29 is 13.2 Å². The van der Waals surface area contributed by atoms with Crippen LogP contribution in [0.1, 0.15) is 17.3 Å². The first kappa shape index (κ1) is 17.3. The van der Waals surface area contributed by atoms with Crippen LogP contribution in [0.4, 0.5) is 5.69 Å². The number of anilines is 1. The second-order valence-electron chi connectivity index (χ2n) is 4.23. The lowest BCUT2D eigenvalue weighted by Gasteiger charge is -2.10. The lowest BCUT2D eigenvalue weighted by Crippen LogP contribution is -2.13. The summed E-state index contributed by atoms with van der Waals surface area (Å²) < 4.78 is 22.4. The average molecular weight is 377 g/mol. The SMILES string of the molecule is CCSc1ccc(Cl)cc1NC(=O)c1csc(S(N)(=O)=O)c1. The molecule has 9 heteroatoms. The van der Waals surface area contributed by atoms with Crippen LogP contribution >= 0.6 is 34.7 Å². The summed E-state index contributed by atoms with van der Waals surface area (Å²) in [5, 5.41) is 9.74. The Morgan fingerprint density at radius 3 is 2.73 bits per heavy atom. The van der Waals surface area contributed by atoms with Gasteiger partial charge in [0.1, 0.15) is 4.21 Å².